The third kappa shape index (κ3) is 3.80. The van der Waals surface area contributed by atoms with E-state index in [2.05, 4.69) is 25.7 Å². The predicted octanol–water partition coefficient (Wildman–Crippen LogP) is 5.00. The van der Waals surface area contributed by atoms with Gasteiger partial charge in [-0.1, -0.05) is 25.7 Å². The number of hydrogen-bond donors (Lipinski definition) is 2. The summed E-state index contributed by atoms with van der Waals surface area (Å²) in [7, 11) is 1.66. The molecular formula is C30H40O4. The Labute approximate surface area is 204 Å². The molecule has 34 heavy (non-hydrogen) atoms. The van der Waals surface area contributed by atoms with Crippen molar-refractivity contribution in [2.75, 3.05) is 13.7 Å². The van der Waals surface area contributed by atoms with E-state index in [-0.39, 0.29) is 29.1 Å². The number of fused-ring (bicyclic) bond motifs is 5. The van der Waals surface area contributed by atoms with Gasteiger partial charge in [-0.3, -0.25) is 4.79 Å². The maximum Gasteiger partial charge on any atom is 0.161 e. The zero-order valence-corrected chi connectivity index (χ0v) is 21.0. The molecule has 0 saturated heterocycles. The van der Waals surface area contributed by atoms with E-state index in [0.29, 0.717) is 23.7 Å². The number of carbonyl (C=O) groups is 1. The van der Waals surface area contributed by atoms with Crippen LogP contribution in [0.1, 0.15) is 77.2 Å². The van der Waals surface area contributed by atoms with Gasteiger partial charge in [0.25, 0.3) is 0 Å². The van der Waals surface area contributed by atoms with Crippen LogP contribution in [0.15, 0.2) is 24.3 Å². The quantitative estimate of drug-likeness (QED) is 0.618. The summed E-state index contributed by atoms with van der Waals surface area (Å²) in [5.41, 5.74) is 0.304. The third-order valence-corrected chi connectivity index (χ3v) is 10.8. The first-order valence-corrected chi connectivity index (χ1v) is 13.3. The Morgan fingerprint density at radius 1 is 1.00 bits per heavy atom. The minimum atomic E-state index is -0.911. The smallest absolute Gasteiger partial charge is 0.161 e. The molecule has 1 aromatic carbocycles. The maximum absolute atomic E-state index is 12.5. The Hall–Kier alpha value is -1.83. The van der Waals surface area contributed by atoms with Gasteiger partial charge in [0.1, 0.15) is 18.0 Å². The Balaban J connectivity index is 1.32. The highest BCUT2D eigenvalue weighted by molar-refractivity contribution is 5.83. The van der Waals surface area contributed by atoms with Gasteiger partial charge in [-0.25, -0.2) is 0 Å². The van der Waals surface area contributed by atoms with Gasteiger partial charge in [0.05, 0.1) is 7.11 Å². The molecule has 4 aliphatic rings. The van der Waals surface area contributed by atoms with Crippen LogP contribution in [-0.2, 0) is 4.79 Å². The third-order valence-electron chi connectivity index (χ3n) is 10.8. The topological polar surface area (TPSA) is 66.8 Å². The number of carbonyl (C=O) groups excluding carboxylic acids is 1. The van der Waals surface area contributed by atoms with Crippen molar-refractivity contribution in [3.63, 3.8) is 0 Å². The van der Waals surface area contributed by atoms with Crippen LogP contribution in [0.25, 0.3) is 0 Å². The molecule has 184 valence electrons. The van der Waals surface area contributed by atoms with Crippen LogP contribution in [0.5, 0.6) is 5.75 Å². The van der Waals surface area contributed by atoms with E-state index < -0.39 is 5.60 Å². The zero-order valence-electron chi connectivity index (χ0n) is 21.0. The maximum atomic E-state index is 12.5. The number of Topliss-reactive ketones (excluding diaryl/α,β-unsaturated/α-hetero) is 1. The van der Waals surface area contributed by atoms with Crippen molar-refractivity contribution in [2.24, 2.45) is 40.4 Å². The van der Waals surface area contributed by atoms with Crippen molar-refractivity contribution in [1.29, 1.82) is 0 Å². The molecule has 0 aliphatic heterocycles. The van der Waals surface area contributed by atoms with Crippen LogP contribution in [-0.4, -0.2) is 35.3 Å². The molecule has 4 fully saturated rings. The van der Waals surface area contributed by atoms with Gasteiger partial charge in [0.15, 0.2) is 5.78 Å². The average molecular weight is 465 g/mol. The van der Waals surface area contributed by atoms with Crippen LogP contribution in [0, 0.1) is 52.3 Å². The molecule has 0 heterocycles. The lowest BCUT2D eigenvalue weighted by Crippen LogP contribution is -2.56. The summed E-state index contributed by atoms with van der Waals surface area (Å²) in [5, 5.41) is 21.0. The van der Waals surface area contributed by atoms with E-state index in [0.717, 1.165) is 56.3 Å². The number of ketones is 1. The highest BCUT2D eigenvalue weighted by Crippen LogP contribution is 2.68. The lowest BCUT2D eigenvalue weighted by molar-refractivity contribution is -0.146. The first kappa shape index (κ1) is 23.9. The van der Waals surface area contributed by atoms with Gasteiger partial charge in [0.2, 0.25) is 0 Å². The fraction of sp³-hybridized carbons (Fsp3) is 0.700. The van der Waals surface area contributed by atoms with Gasteiger partial charge in [-0.05, 0) is 117 Å². The monoisotopic (exact) mass is 464 g/mol. The molecule has 2 N–H and O–H groups in total. The summed E-state index contributed by atoms with van der Waals surface area (Å²) < 4.78 is 5.23. The summed E-state index contributed by atoms with van der Waals surface area (Å²) in [5.74, 6) is 9.82. The predicted molar refractivity (Wildman–Crippen MR) is 132 cm³/mol. The van der Waals surface area contributed by atoms with E-state index in [1.165, 1.54) is 12.8 Å². The summed E-state index contributed by atoms with van der Waals surface area (Å²) in [6.45, 7) is 4.51. The lowest BCUT2D eigenvalue weighted by atomic mass is 9.44. The van der Waals surface area contributed by atoms with E-state index in [1.54, 1.807) is 7.11 Å². The SMILES string of the molecule is COc1ccc(C#C[C@@]2(O)CC[C@@]3(C)[C@H](CC[C@@H]4[C@@H]3CC[C@]3(C)[C@@H](C(=O)CO)CC[C@@H]43)C2)cc1. The van der Waals surface area contributed by atoms with Gasteiger partial charge < -0.3 is 14.9 Å². The van der Waals surface area contributed by atoms with E-state index in [9.17, 15) is 15.0 Å². The first-order valence-electron chi connectivity index (χ1n) is 13.3. The Morgan fingerprint density at radius 2 is 1.74 bits per heavy atom. The molecule has 4 aliphatic carbocycles. The molecule has 0 aromatic heterocycles. The van der Waals surface area contributed by atoms with Crippen molar-refractivity contribution in [3.05, 3.63) is 29.8 Å². The molecule has 0 spiro atoms. The zero-order chi connectivity index (χ0) is 24.1. The van der Waals surface area contributed by atoms with Crippen molar-refractivity contribution in [2.45, 2.75) is 77.2 Å². The summed E-state index contributed by atoms with van der Waals surface area (Å²) in [4.78, 5) is 12.5. The molecular weight excluding hydrogens is 424 g/mol. The Kier molecular flexibility index (Phi) is 6.10. The first-order chi connectivity index (χ1) is 16.2. The number of benzene rings is 1. The van der Waals surface area contributed by atoms with Crippen molar-refractivity contribution < 1.29 is 19.7 Å². The summed E-state index contributed by atoms with van der Waals surface area (Å²) in [6, 6.07) is 7.71. The van der Waals surface area contributed by atoms with Crippen LogP contribution < -0.4 is 4.74 Å². The fourth-order valence-electron chi connectivity index (χ4n) is 8.86. The van der Waals surface area contributed by atoms with Gasteiger partial charge in [-0.15, -0.1) is 0 Å². The normalized spacial score (nSPS) is 43.0. The fourth-order valence-corrected chi connectivity index (χ4v) is 8.86. The van der Waals surface area contributed by atoms with Crippen molar-refractivity contribution >= 4 is 5.78 Å². The minimum absolute atomic E-state index is 0.0404. The molecule has 0 bridgehead atoms. The standard InChI is InChI=1S/C30H40O4/c1-28-16-17-30(33,15-12-20-4-7-22(34-3)8-5-20)18-21(28)6-9-23-24-10-11-26(27(32)19-31)29(24,2)14-13-25(23)28/h4-5,7-8,21,23-26,31,33H,6,9-11,13-14,16-19H2,1-3H3/t21-,23+,24+,25+,26-,28+,29+,30-/m1/s1. The second-order valence-corrected chi connectivity index (χ2v) is 12.2. The number of hydrogen-bond acceptors (Lipinski definition) is 4. The number of ether oxygens (including phenoxy) is 1. The number of aliphatic hydroxyl groups is 2. The molecule has 0 amide bonds. The Bertz CT molecular complexity index is 989. The minimum Gasteiger partial charge on any atom is -0.497 e. The molecule has 0 radical (unpaired) electrons. The van der Waals surface area contributed by atoms with Gasteiger partial charge in [-0.2, -0.15) is 0 Å². The van der Waals surface area contributed by atoms with E-state index in [4.69, 9.17) is 4.74 Å². The molecule has 4 nitrogen and oxygen atoms in total. The molecule has 4 heteroatoms. The van der Waals surface area contributed by atoms with Crippen molar-refractivity contribution in [1.82, 2.24) is 0 Å². The molecule has 4 saturated carbocycles. The highest BCUT2D eigenvalue weighted by atomic mass is 16.5. The largest absolute Gasteiger partial charge is 0.497 e. The van der Waals surface area contributed by atoms with Crippen LogP contribution in [0.2, 0.25) is 0 Å². The Morgan fingerprint density at radius 3 is 2.44 bits per heavy atom. The van der Waals surface area contributed by atoms with Gasteiger partial charge >= 0.3 is 0 Å². The second-order valence-electron chi connectivity index (χ2n) is 12.2. The number of rotatable bonds is 3. The summed E-state index contributed by atoms with van der Waals surface area (Å²) >= 11 is 0. The lowest BCUT2D eigenvalue weighted by Gasteiger charge is -2.61. The van der Waals surface area contributed by atoms with E-state index in [1.807, 2.05) is 24.3 Å². The molecule has 0 unspecified atom stereocenters. The number of methoxy groups -OCH3 is 1. The van der Waals surface area contributed by atoms with Crippen molar-refractivity contribution in [3.8, 4) is 17.6 Å². The second kappa shape index (κ2) is 8.68. The van der Waals surface area contributed by atoms with Crippen LogP contribution >= 0.6 is 0 Å². The molecule has 5 rings (SSSR count). The summed E-state index contributed by atoms with van der Waals surface area (Å²) in [6.07, 6.45) is 9.23. The van der Waals surface area contributed by atoms with E-state index >= 15 is 0 Å². The highest BCUT2D eigenvalue weighted by Gasteiger charge is 2.61. The van der Waals surface area contributed by atoms with Crippen LogP contribution in [0.3, 0.4) is 0 Å². The molecule has 8 atom stereocenters. The molecule has 1 aromatic rings. The van der Waals surface area contributed by atoms with Gasteiger partial charge in [0, 0.05) is 11.5 Å². The van der Waals surface area contributed by atoms with Crippen LogP contribution in [0.4, 0.5) is 0 Å². The number of aliphatic hydroxyl groups excluding tert-OH is 1. The average Bonchev–Trinajstić information content (AvgIpc) is 3.20.